The van der Waals surface area contributed by atoms with E-state index in [0.717, 1.165) is 22.3 Å². The Morgan fingerprint density at radius 2 is 0.818 bits per heavy atom. The fourth-order valence-electron chi connectivity index (χ4n) is 7.84. The quantitative estimate of drug-likeness (QED) is 0.323. The van der Waals surface area contributed by atoms with E-state index in [9.17, 15) is 19.2 Å². The van der Waals surface area contributed by atoms with Crippen LogP contribution in [0.5, 0.6) is 0 Å². The Bertz CT molecular complexity index is 1710. The van der Waals surface area contributed by atoms with Crippen molar-refractivity contribution in [1.29, 1.82) is 0 Å². The Labute approximate surface area is 255 Å². The first kappa shape index (κ1) is 26.7. The number of nitrogens with zero attached hydrogens (tertiary/aromatic N) is 4. The summed E-state index contributed by atoms with van der Waals surface area (Å²) < 4.78 is 0. The number of hydrogen-bond donors (Lipinski definition) is 0. The molecule has 8 nitrogen and oxygen atoms in total. The Hall–Kier alpha value is -4.92. The van der Waals surface area contributed by atoms with Crippen molar-refractivity contribution in [3.8, 4) is 0 Å². The van der Waals surface area contributed by atoms with Crippen LogP contribution in [0.1, 0.15) is 34.3 Å². The second-order valence-electron chi connectivity index (χ2n) is 12.1. The highest BCUT2D eigenvalue weighted by molar-refractivity contribution is 6.26. The molecule has 0 bridgehead atoms. The fraction of sp³-hybridized carbons (Fsp3) is 0.222. The molecule has 0 aromatic heterocycles. The number of carbonyl (C=O) groups is 4. The summed E-state index contributed by atoms with van der Waals surface area (Å²) in [5, 5.41) is 3.82. The molecule has 4 amide bonds. The molecular formula is C36H30N4O4. The van der Waals surface area contributed by atoms with E-state index in [-0.39, 0.29) is 23.6 Å². The molecule has 0 N–H and O–H groups in total. The van der Waals surface area contributed by atoms with Gasteiger partial charge >= 0.3 is 0 Å². The highest BCUT2D eigenvalue weighted by Gasteiger charge is 2.73. The standard InChI is InChI=1S/C36H30N4O4/c1-21-11-9-17-25(19-21)37-33(41)27-29(23-13-5-3-6-14-23)40-32-28(34(42)38(36(32)44)26-18-10-12-22(2)20-26)30(24-15-7-4-8-16-24)39(40)31(27)35(37)43/h3-20,27-32H,1-2H3/t27-,28-,29-,30+,31+,32-/m0/s1. The van der Waals surface area contributed by atoms with Crippen molar-refractivity contribution in [2.45, 2.75) is 38.0 Å². The van der Waals surface area contributed by atoms with Crippen molar-refractivity contribution in [2.24, 2.45) is 11.8 Å². The Morgan fingerprint density at radius 3 is 1.18 bits per heavy atom. The van der Waals surface area contributed by atoms with Crippen molar-refractivity contribution in [3.05, 3.63) is 131 Å². The number of fused-ring (bicyclic) bond motifs is 5. The second-order valence-corrected chi connectivity index (χ2v) is 12.1. The highest BCUT2D eigenvalue weighted by Crippen LogP contribution is 2.59. The molecule has 8 rings (SSSR count). The van der Waals surface area contributed by atoms with Gasteiger partial charge in [-0.2, -0.15) is 0 Å². The van der Waals surface area contributed by atoms with Crippen molar-refractivity contribution >= 4 is 35.0 Å². The molecule has 4 aromatic carbocycles. The molecule has 0 spiro atoms. The number of hydrogen-bond acceptors (Lipinski definition) is 6. The molecule has 4 aliphatic rings. The average Bonchev–Trinajstić information content (AvgIpc) is 3.69. The molecule has 0 unspecified atom stereocenters. The molecule has 0 aliphatic carbocycles. The topological polar surface area (TPSA) is 81.2 Å². The Kier molecular flexibility index (Phi) is 5.95. The van der Waals surface area contributed by atoms with Crippen molar-refractivity contribution < 1.29 is 19.2 Å². The van der Waals surface area contributed by atoms with E-state index >= 15 is 0 Å². The minimum atomic E-state index is -0.878. The monoisotopic (exact) mass is 582 g/mol. The summed E-state index contributed by atoms with van der Waals surface area (Å²) in [6, 6.07) is 30.9. The number of rotatable bonds is 4. The molecule has 6 atom stereocenters. The van der Waals surface area contributed by atoms with Crippen LogP contribution in [0.3, 0.4) is 0 Å². The lowest BCUT2D eigenvalue weighted by Gasteiger charge is -2.35. The number of aryl methyl sites for hydroxylation is 2. The lowest BCUT2D eigenvalue weighted by Crippen LogP contribution is -2.50. The van der Waals surface area contributed by atoms with Crippen molar-refractivity contribution in [3.63, 3.8) is 0 Å². The second kappa shape index (κ2) is 9.80. The first-order valence-electron chi connectivity index (χ1n) is 14.9. The van der Waals surface area contributed by atoms with Gasteiger partial charge in [-0.15, -0.1) is 0 Å². The smallest absolute Gasteiger partial charge is 0.253 e. The predicted molar refractivity (Wildman–Crippen MR) is 164 cm³/mol. The van der Waals surface area contributed by atoms with Gasteiger partial charge in [0.15, 0.2) is 0 Å². The van der Waals surface area contributed by atoms with Crippen LogP contribution in [0.2, 0.25) is 0 Å². The number of anilines is 2. The summed E-state index contributed by atoms with van der Waals surface area (Å²) in [6.07, 6.45) is 0. The van der Waals surface area contributed by atoms with Crippen LogP contribution in [0.25, 0.3) is 0 Å². The summed E-state index contributed by atoms with van der Waals surface area (Å²) in [6.45, 7) is 3.85. The lowest BCUT2D eigenvalue weighted by atomic mass is 9.84. The molecule has 4 heterocycles. The molecule has 44 heavy (non-hydrogen) atoms. The van der Waals surface area contributed by atoms with Gasteiger partial charge in [-0.1, -0.05) is 84.9 Å². The number of hydrazine groups is 1. The van der Waals surface area contributed by atoms with Gasteiger partial charge < -0.3 is 0 Å². The highest BCUT2D eigenvalue weighted by atomic mass is 16.2. The van der Waals surface area contributed by atoms with E-state index < -0.39 is 36.0 Å². The molecule has 8 heteroatoms. The molecular weight excluding hydrogens is 552 g/mol. The van der Waals surface area contributed by atoms with Gasteiger partial charge in [-0.3, -0.25) is 19.2 Å². The van der Waals surface area contributed by atoms with E-state index in [2.05, 4.69) is 0 Å². The molecule has 4 saturated heterocycles. The molecule has 4 fully saturated rings. The lowest BCUT2D eigenvalue weighted by molar-refractivity contribution is -0.136. The van der Waals surface area contributed by atoms with Crippen LogP contribution in [0.15, 0.2) is 109 Å². The fourth-order valence-corrected chi connectivity index (χ4v) is 7.84. The van der Waals surface area contributed by atoms with Gasteiger partial charge in [0.25, 0.3) is 11.8 Å². The largest absolute Gasteiger partial charge is 0.274 e. The SMILES string of the molecule is Cc1cccc(N2C(=O)[C@@H]3[C@@H](C2=O)N2[C@@H](c4ccccc4)[C@@H]4C(=O)N(c5cccc(C)c5)C(=O)[C@@H]4N2[C@@H]3c2ccccc2)c1. The number of carbonyl (C=O) groups excluding carboxylic acids is 4. The third kappa shape index (κ3) is 3.64. The van der Waals surface area contributed by atoms with Crippen LogP contribution >= 0.6 is 0 Å². The number of benzene rings is 4. The van der Waals surface area contributed by atoms with Crippen LogP contribution in [0.4, 0.5) is 11.4 Å². The summed E-state index contributed by atoms with van der Waals surface area (Å²) in [5.74, 6) is -2.83. The maximum atomic E-state index is 14.5. The first-order valence-corrected chi connectivity index (χ1v) is 14.9. The van der Waals surface area contributed by atoms with Gasteiger partial charge in [0.2, 0.25) is 11.8 Å². The van der Waals surface area contributed by atoms with Crippen LogP contribution in [-0.2, 0) is 19.2 Å². The molecule has 4 aliphatic heterocycles. The summed E-state index contributed by atoms with van der Waals surface area (Å²) in [5.41, 5.74) is 4.57. The third-order valence-electron chi connectivity index (χ3n) is 9.53. The Morgan fingerprint density at radius 1 is 0.432 bits per heavy atom. The maximum Gasteiger partial charge on any atom is 0.253 e. The van der Waals surface area contributed by atoms with Gasteiger partial charge in [-0.25, -0.2) is 19.8 Å². The van der Waals surface area contributed by atoms with Crippen LogP contribution in [0, 0.1) is 25.7 Å². The van der Waals surface area contributed by atoms with Crippen LogP contribution < -0.4 is 9.80 Å². The van der Waals surface area contributed by atoms with Gasteiger partial charge in [0.1, 0.15) is 12.1 Å². The zero-order chi connectivity index (χ0) is 30.3. The van der Waals surface area contributed by atoms with Crippen molar-refractivity contribution in [2.75, 3.05) is 9.80 Å². The van der Waals surface area contributed by atoms with E-state index in [1.54, 1.807) is 12.1 Å². The molecule has 4 aromatic rings. The molecule has 0 saturated carbocycles. The molecule has 0 radical (unpaired) electrons. The predicted octanol–water partition coefficient (Wildman–Crippen LogP) is 4.75. The van der Waals surface area contributed by atoms with E-state index in [1.807, 2.05) is 121 Å². The minimum absolute atomic E-state index is 0.301. The minimum Gasteiger partial charge on any atom is -0.274 e. The van der Waals surface area contributed by atoms with E-state index in [4.69, 9.17) is 0 Å². The first-order chi connectivity index (χ1) is 21.4. The molecule has 218 valence electrons. The summed E-state index contributed by atoms with van der Waals surface area (Å²) >= 11 is 0. The zero-order valence-corrected chi connectivity index (χ0v) is 24.3. The number of amides is 4. The summed E-state index contributed by atoms with van der Waals surface area (Å²) in [4.78, 5) is 60.4. The van der Waals surface area contributed by atoms with E-state index in [1.165, 1.54) is 9.80 Å². The average molecular weight is 583 g/mol. The third-order valence-corrected chi connectivity index (χ3v) is 9.53. The van der Waals surface area contributed by atoms with Gasteiger partial charge in [0.05, 0.1) is 35.3 Å². The Balaban J connectivity index is 1.33. The van der Waals surface area contributed by atoms with Crippen molar-refractivity contribution in [1.82, 2.24) is 10.0 Å². The summed E-state index contributed by atoms with van der Waals surface area (Å²) in [7, 11) is 0. The van der Waals surface area contributed by atoms with Gasteiger partial charge in [-0.05, 0) is 60.4 Å². The zero-order valence-electron chi connectivity index (χ0n) is 24.3. The van der Waals surface area contributed by atoms with Crippen LogP contribution in [-0.4, -0.2) is 45.7 Å². The van der Waals surface area contributed by atoms with E-state index in [0.29, 0.717) is 11.4 Å². The normalized spacial score (nSPS) is 28.1. The number of imide groups is 2. The maximum absolute atomic E-state index is 14.5. The van der Waals surface area contributed by atoms with Gasteiger partial charge in [0, 0.05) is 0 Å².